The van der Waals surface area contributed by atoms with E-state index < -0.39 is 0 Å². The Balaban J connectivity index is 1.73. The molecule has 0 amide bonds. The second kappa shape index (κ2) is 6.61. The van der Waals surface area contributed by atoms with E-state index in [0.29, 0.717) is 29.0 Å². The van der Waals surface area contributed by atoms with Gasteiger partial charge < -0.3 is 4.74 Å². The summed E-state index contributed by atoms with van der Waals surface area (Å²) < 4.78 is 8.54. The Hall–Kier alpha value is -2.60. The lowest BCUT2D eigenvalue weighted by Crippen LogP contribution is -2.23. The van der Waals surface area contributed by atoms with Crippen LogP contribution in [0.1, 0.15) is 35.4 Å². The minimum absolute atomic E-state index is 0.285. The maximum atomic E-state index is 12.3. The van der Waals surface area contributed by atoms with Crippen LogP contribution in [0, 0.1) is 6.92 Å². The van der Waals surface area contributed by atoms with Gasteiger partial charge in [-0.25, -0.2) is 4.79 Å². The number of aryl methyl sites for hydroxylation is 2. The van der Waals surface area contributed by atoms with Crippen LogP contribution in [0.15, 0.2) is 41.2 Å². The first-order valence-electron chi connectivity index (χ1n) is 8.54. The van der Waals surface area contributed by atoms with Crippen molar-refractivity contribution in [2.75, 3.05) is 0 Å². The van der Waals surface area contributed by atoms with Gasteiger partial charge in [-0.2, -0.15) is 9.36 Å². The number of hydrogen-bond acceptors (Lipinski definition) is 4. The standard InChI is InChI=1S/C19H19ClN4O2/c1-12-6-9-18(16(20)10-12)26-11-15-14(13-7-8-13)4-3-5-17(15)24-19(25)23(2)21-22-24/h3-6,9-10,13H,7-8,11H2,1-2H3. The molecule has 1 saturated carbocycles. The van der Waals surface area contributed by atoms with Crippen LogP contribution >= 0.6 is 11.6 Å². The Morgan fingerprint density at radius 1 is 1.23 bits per heavy atom. The van der Waals surface area contributed by atoms with Crippen molar-refractivity contribution >= 4 is 11.6 Å². The smallest absolute Gasteiger partial charge is 0.368 e. The van der Waals surface area contributed by atoms with Gasteiger partial charge in [0.2, 0.25) is 0 Å². The summed E-state index contributed by atoms with van der Waals surface area (Å²) >= 11 is 6.29. The maximum absolute atomic E-state index is 12.3. The lowest BCUT2D eigenvalue weighted by atomic mass is 10.0. The van der Waals surface area contributed by atoms with Crippen molar-refractivity contribution in [3.63, 3.8) is 0 Å². The molecular weight excluding hydrogens is 352 g/mol. The number of rotatable bonds is 5. The van der Waals surface area contributed by atoms with Crippen LogP contribution in [0.5, 0.6) is 5.75 Å². The van der Waals surface area contributed by atoms with Crippen molar-refractivity contribution < 1.29 is 4.74 Å². The van der Waals surface area contributed by atoms with E-state index in [-0.39, 0.29) is 5.69 Å². The minimum atomic E-state index is -0.285. The molecule has 1 aliphatic carbocycles. The van der Waals surface area contributed by atoms with Crippen molar-refractivity contribution in [3.8, 4) is 11.4 Å². The van der Waals surface area contributed by atoms with Crippen LogP contribution in [-0.4, -0.2) is 19.8 Å². The summed E-state index contributed by atoms with van der Waals surface area (Å²) in [5.41, 5.74) is 3.65. The average molecular weight is 371 g/mol. The number of nitrogens with zero attached hydrogens (tertiary/aromatic N) is 4. The molecule has 1 aliphatic rings. The molecule has 2 aromatic carbocycles. The zero-order valence-corrected chi connectivity index (χ0v) is 15.4. The molecule has 7 heteroatoms. The van der Waals surface area contributed by atoms with Crippen LogP contribution in [0.25, 0.3) is 5.69 Å². The summed E-state index contributed by atoms with van der Waals surface area (Å²) in [6, 6.07) is 11.6. The third kappa shape index (κ3) is 3.12. The van der Waals surface area contributed by atoms with Gasteiger partial charge in [0, 0.05) is 12.6 Å². The quantitative estimate of drug-likeness (QED) is 0.690. The lowest BCUT2D eigenvalue weighted by Gasteiger charge is -2.15. The fourth-order valence-electron chi connectivity index (χ4n) is 3.06. The minimum Gasteiger partial charge on any atom is -0.487 e. The zero-order chi connectivity index (χ0) is 18.3. The van der Waals surface area contributed by atoms with E-state index in [1.165, 1.54) is 14.9 Å². The third-order valence-corrected chi connectivity index (χ3v) is 4.91. The first kappa shape index (κ1) is 16.8. The van der Waals surface area contributed by atoms with Gasteiger partial charge in [0.25, 0.3) is 0 Å². The van der Waals surface area contributed by atoms with E-state index in [2.05, 4.69) is 16.5 Å². The Labute approximate surface area is 156 Å². The molecule has 4 rings (SSSR count). The molecule has 0 radical (unpaired) electrons. The molecule has 0 aliphatic heterocycles. The fourth-order valence-corrected chi connectivity index (χ4v) is 3.35. The zero-order valence-electron chi connectivity index (χ0n) is 14.6. The molecule has 1 fully saturated rings. The SMILES string of the molecule is Cc1ccc(OCc2c(C3CC3)cccc2-n2nnn(C)c2=O)c(Cl)c1. The van der Waals surface area contributed by atoms with Gasteiger partial charge in [0.1, 0.15) is 12.4 Å². The molecule has 6 nitrogen and oxygen atoms in total. The van der Waals surface area contributed by atoms with Crippen LogP contribution in [-0.2, 0) is 13.7 Å². The first-order valence-corrected chi connectivity index (χ1v) is 8.92. The lowest BCUT2D eigenvalue weighted by molar-refractivity contribution is 0.304. The van der Waals surface area contributed by atoms with E-state index in [1.807, 2.05) is 37.3 Å². The summed E-state index contributed by atoms with van der Waals surface area (Å²) in [7, 11) is 1.58. The molecule has 26 heavy (non-hydrogen) atoms. The number of tetrazole rings is 1. The highest BCUT2D eigenvalue weighted by atomic mass is 35.5. The summed E-state index contributed by atoms with van der Waals surface area (Å²) in [6.07, 6.45) is 2.30. The second-order valence-electron chi connectivity index (χ2n) is 6.64. The van der Waals surface area contributed by atoms with E-state index in [4.69, 9.17) is 16.3 Å². The third-order valence-electron chi connectivity index (χ3n) is 4.61. The number of aromatic nitrogens is 4. The molecule has 0 unspecified atom stereocenters. The van der Waals surface area contributed by atoms with Crippen molar-refractivity contribution in [2.45, 2.75) is 32.3 Å². The predicted molar refractivity (Wildman–Crippen MR) is 99.1 cm³/mol. The molecule has 0 saturated heterocycles. The van der Waals surface area contributed by atoms with Gasteiger partial charge in [0.05, 0.1) is 10.7 Å². The van der Waals surface area contributed by atoms with Crippen LogP contribution in [0.2, 0.25) is 5.02 Å². The second-order valence-corrected chi connectivity index (χ2v) is 7.05. The maximum Gasteiger partial charge on any atom is 0.368 e. The van der Waals surface area contributed by atoms with Crippen molar-refractivity contribution in [1.82, 2.24) is 19.8 Å². The molecule has 3 aromatic rings. The highest BCUT2D eigenvalue weighted by Crippen LogP contribution is 2.43. The fraction of sp³-hybridized carbons (Fsp3) is 0.316. The summed E-state index contributed by atoms with van der Waals surface area (Å²) in [4.78, 5) is 12.3. The molecule has 0 atom stereocenters. The van der Waals surface area contributed by atoms with Crippen molar-refractivity contribution in [3.05, 3.63) is 68.6 Å². The number of halogens is 1. The molecule has 1 aromatic heterocycles. The van der Waals surface area contributed by atoms with E-state index >= 15 is 0 Å². The largest absolute Gasteiger partial charge is 0.487 e. The highest BCUT2D eigenvalue weighted by molar-refractivity contribution is 6.32. The van der Waals surface area contributed by atoms with E-state index in [1.54, 1.807) is 7.05 Å². The predicted octanol–water partition coefficient (Wildman–Crippen LogP) is 3.38. The van der Waals surface area contributed by atoms with Gasteiger partial charge in [-0.15, -0.1) is 0 Å². The van der Waals surface area contributed by atoms with Gasteiger partial charge in [-0.05, 0) is 65.4 Å². The normalized spacial score (nSPS) is 13.8. The van der Waals surface area contributed by atoms with Gasteiger partial charge in [-0.3, -0.25) is 0 Å². The Kier molecular flexibility index (Phi) is 4.28. The Bertz CT molecular complexity index is 1020. The Morgan fingerprint density at radius 2 is 2.04 bits per heavy atom. The summed E-state index contributed by atoms with van der Waals surface area (Å²) in [5.74, 6) is 1.13. The number of benzene rings is 2. The van der Waals surface area contributed by atoms with E-state index in [0.717, 1.165) is 24.0 Å². The molecule has 0 spiro atoms. The topological polar surface area (TPSA) is 61.9 Å². The van der Waals surface area contributed by atoms with Crippen LogP contribution < -0.4 is 10.4 Å². The van der Waals surface area contributed by atoms with E-state index in [9.17, 15) is 4.79 Å². The number of ether oxygens (including phenoxy) is 1. The summed E-state index contributed by atoms with van der Waals surface area (Å²) in [6.45, 7) is 2.30. The molecular formula is C19H19ClN4O2. The van der Waals surface area contributed by atoms with Crippen molar-refractivity contribution in [1.29, 1.82) is 0 Å². The average Bonchev–Trinajstić information content (AvgIpc) is 3.41. The van der Waals surface area contributed by atoms with Gasteiger partial charge in [0.15, 0.2) is 0 Å². The molecule has 0 N–H and O–H groups in total. The number of hydrogen-bond donors (Lipinski definition) is 0. The monoisotopic (exact) mass is 370 g/mol. The first-order chi connectivity index (χ1) is 12.5. The molecule has 1 heterocycles. The summed E-state index contributed by atoms with van der Waals surface area (Å²) in [5, 5.41) is 8.38. The van der Waals surface area contributed by atoms with Crippen molar-refractivity contribution in [2.24, 2.45) is 7.05 Å². The van der Waals surface area contributed by atoms with Crippen LogP contribution in [0.3, 0.4) is 0 Å². The van der Waals surface area contributed by atoms with Gasteiger partial charge in [-0.1, -0.05) is 29.8 Å². The Morgan fingerprint density at radius 3 is 2.69 bits per heavy atom. The van der Waals surface area contributed by atoms with Crippen LogP contribution in [0.4, 0.5) is 0 Å². The van der Waals surface area contributed by atoms with Gasteiger partial charge >= 0.3 is 5.69 Å². The molecule has 134 valence electrons. The molecule has 0 bridgehead atoms. The highest BCUT2D eigenvalue weighted by Gasteiger charge is 2.28.